The van der Waals surface area contributed by atoms with Crippen molar-refractivity contribution in [3.05, 3.63) is 117 Å². The molecule has 0 spiro atoms. The first kappa shape index (κ1) is 28.6. The lowest BCUT2D eigenvalue weighted by atomic mass is 9.96. The molecule has 1 unspecified atom stereocenters. The van der Waals surface area contributed by atoms with Gasteiger partial charge in [-0.1, -0.05) is 50.6 Å². The zero-order valence-corrected chi connectivity index (χ0v) is 22.3. The molecule has 0 saturated heterocycles. The number of nitrogens with two attached hydrogens (primary N) is 1. The van der Waals surface area contributed by atoms with Crippen LogP contribution in [0.25, 0.3) is 11.1 Å². The Bertz CT molecular complexity index is 1600. The summed E-state index contributed by atoms with van der Waals surface area (Å²) in [5.74, 6) is -2.98. The summed E-state index contributed by atoms with van der Waals surface area (Å²) >= 11 is 0. The molecule has 0 fully saturated rings. The molecule has 6 nitrogen and oxygen atoms in total. The topological polar surface area (TPSA) is 98.2 Å². The first-order valence-electron chi connectivity index (χ1n) is 13.1. The van der Waals surface area contributed by atoms with E-state index in [0.29, 0.717) is 41.8 Å². The number of aromatic hydroxyl groups is 1. The van der Waals surface area contributed by atoms with E-state index in [-0.39, 0.29) is 23.1 Å². The Hall–Kier alpha value is -4.40. The van der Waals surface area contributed by atoms with Crippen molar-refractivity contribution in [3.8, 4) is 17.0 Å². The van der Waals surface area contributed by atoms with E-state index in [9.17, 15) is 27.9 Å². The summed E-state index contributed by atoms with van der Waals surface area (Å²) in [6.07, 6.45) is 2.24. The van der Waals surface area contributed by atoms with Gasteiger partial charge in [0.05, 0.1) is 11.6 Å². The number of hydrogen-bond donors (Lipinski definition) is 2. The zero-order chi connectivity index (χ0) is 29.0. The summed E-state index contributed by atoms with van der Waals surface area (Å²) in [5, 5.41) is 10.9. The average molecular weight is 550 g/mol. The fourth-order valence-electron chi connectivity index (χ4n) is 4.95. The standard InChI is InChI=1S/C31H30F3N3O3/c1-3-5-9-28-36-30(39)26(31(40)37(28)27(4-2)20-14-22(33)16-23(34)15-20)13-18-7-6-8-19(12-18)24-11-10-21(32)17-25(24)29(35)38/h6-8,10-12,14-17,27,39H,3-5,9,13H2,1-2H3,(H2,35,38). The van der Waals surface area contributed by atoms with E-state index >= 15 is 0 Å². The summed E-state index contributed by atoms with van der Waals surface area (Å²) in [7, 11) is 0. The molecule has 4 rings (SSSR count). The third-order valence-corrected chi connectivity index (χ3v) is 6.85. The van der Waals surface area contributed by atoms with Crippen LogP contribution in [0.2, 0.25) is 0 Å². The summed E-state index contributed by atoms with van der Waals surface area (Å²) in [6, 6.07) is 13.1. The van der Waals surface area contributed by atoms with Crippen LogP contribution in [0.15, 0.2) is 65.5 Å². The number of nitrogens with zero attached hydrogens (tertiary/aromatic N) is 2. The van der Waals surface area contributed by atoms with Crippen molar-refractivity contribution in [1.82, 2.24) is 9.55 Å². The normalized spacial score (nSPS) is 11.9. The van der Waals surface area contributed by atoms with E-state index in [1.807, 2.05) is 6.92 Å². The van der Waals surface area contributed by atoms with Crippen molar-refractivity contribution >= 4 is 5.91 Å². The van der Waals surface area contributed by atoms with Gasteiger partial charge >= 0.3 is 0 Å². The molecule has 0 aliphatic heterocycles. The second-order valence-corrected chi connectivity index (χ2v) is 9.67. The lowest BCUT2D eigenvalue weighted by Gasteiger charge is -2.23. The zero-order valence-electron chi connectivity index (χ0n) is 22.3. The Morgan fingerprint density at radius 1 is 1.00 bits per heavy atom. The highest BCUT2D eigenvalue weighted by Crippen LogP contribution is 2.29. The molecule has 0 saturated carbocycles. The number of carbonyl (C=O) groups is 1. The molecule has 3 N–H and O–H groups in total. The van der Waals surface area contributed by atoms with Gasteiger partial charge in [0.1, 0.15) is 23.3 Å². The van der Waals surface area contributed by atoms with Crippen LogP contribution in [0.3, 0.4) is 0 Å². The molecule has 0 aliphatic carbocycles. The Morgan fingerprint density at radius 3 is 2.38 bits per heavy atom. The number of hydrogen-bond acceptors (Lipinski definition) is 4. The predicted octanol–water partition coefficient (Wildman–Crippen LogP) is 6.06. The van der Waals surface area contributed by atoms with Gasteiger partial charge in [-0.3, -0.25) is 14.2 Å². The first-order valence-corrected chi connectivity index (χ1v) is 13.1. The van der Waals surface area contributed by atoms with Gasteiger partial charge in [-0.05, 0) is 59.4 Å². The SMILES string of the molecule is CCCCc1nc(O)c(Cc2cccc(-c3ccc(F)cc3C(N)=O)c2)c(=O)n1C(CC)c1cc(F)cc(F)c1. The number of halogens is 3. The fourth-order valence-corrected chi connectivity index (χ4v) is 4.95. The van der Waals surface area contributed by atoms with E-state index in [0.717, 1.165) is 18.6 Å². The number of amides is 1. The minimum atomic E-state index is -0.785. The Morgan fingerprint density at radius 2 is 1.73 bits per heavy atom. The second-order valence-electron chi connectivity index (χ2n) is 9.67. The van der Waals surface area contributed by atoms with Crippen molar-refractivity contribution in [2.24, 2.45) is 5.73 Å². The van der Waals surface area contributed by atoms with Crippen LogP contribution in [-0.2, 0) is 12.8 Å². The molecule has 9 heteroatoms. The summed E-state index contributed by atoms with van der Waals surface area (Å²) in [4.78, 5) is 30.2. The van der Waals surface area contributed by atoms with Crippen molar-refractivity contribution < 1.29 is 23.1 Å². The molecular formula is C31H30F3N3O3. The number of primary amides is 1. The van der Waals surface area contributed by atoms with Gasteiger partial charge in [0.25, 0.3) is 5.56 Å². The van der Waals surface area contributed by atoms with Crippen LogP contribution in [0, 0.1) is 17.5 Å². The monoisotopic (exact) mass is 549 g/mol. The Balaban J connectivity index is 1.82. The van der Waals surface area contributed by atoms with E-state index in [1.54, 1.807) is 31.2 Å². The van der Waals surface area contributed by atoms with Gasteiger partial charge in [0.2, 0.25) is 11.8 Å². The molecule has 1 heterocycles. The van der Waals surface area contributed by atoms with Crippen LogP contribution >= 0.6 is 0 Å². The first-order chi connectivity index (χ1) is 19.1. The maximum absolute atomic E-state index is 14.1. The number of rotatable bonds is 10. The highest BCUT2D eigenvalue weighted by atomic mass is 19.1. The maximum atomic E-state index is 14.1. The molecule has 1 atom stereocenters. The van der Waals surface area contributed by atoms with Gasteiger partial charge in [0.15, 0.2) is 0 Å². The largest absolute Gasteiger partial charge is 0.493 e. The van der Waals surface area contributed by atoms with E-state index < -0.39 is 40.8 Å². The second kappa shape index (κ2) is 12.2. The number of aryl methyl sites for hydroxylation is 1. The molecule has 1 amide bonds. The number of benzene rings is 3. The molecular weight excluding hydrogens is 519 g/mol. The molecule has 0 aliphatic rings. The lowest BCUT2D eigenvalue weighted by Crippen LogP contribution is -2.32. The van der Waals surface area contributed by atoms with Gasteiger partial charge in [-0.25, -0.2) is 13.2 Å². The lowest BCUT2D eigenvalue weighted by molar-refractivity contribution is 0.100. The highest BCUT2D eigenvalue weighted by molar-refractivity contribution is 5.99. The average Bonchev–Trinajstić information content (AvgIpc) is 2.91. The minimum absolute atomic E-state index is 0.0115. The summed E-state index contributed by atoms with van der Waals surface area (Å²) in [5.41, 5.74) is 6.86. The predicted molar refractivity (Wildman–Crippen MR) is 147 cm³/mol. The van der Waals surface area contributed by atoms with Crippen LogP contribution in [0.4, 0.5) is 13.2 Å². The molecule has 0 radical (unpaired) electrons. The van der Waals surface area contributed by atoms with Gasteiger partial charge in [-0.2, -0.15) is 4.98 Å². The number of carbonyl (C=O) groups excluding carboxylic acids is 1. The van der Waals surface area contributed by atoms with Crippen LogP contribution < -0.4 is 11.3 Å². The maximum Gasteiger partial charge on any atom is 0.261 e. The summed E-state index contributed by atoms with van der Waals surface area (Å²) < 4.78 is 43.4. The molecule has 40 heavy (non-hydrogen) atoms. The fraction of sp³-hybridized carbons (Fsp3) is 0.258. The van der Waals surface area contributed by atoms with Crippen LogP contribution in [0.1, 0.15) is 72.0 Å². The van der Waals surface area contributed by atoms with Gasteiger partial charge < -0.3 is 10.8 Å². The van der Waals surface area contributed by atoms with Crippen molar-refractivity contribution in [3.63, 3.8) is 0 Å². The molecule has 1 aromatic heterocycles. The molecule has 208 valence electrons. The van der Waals surface area contributed by atoms with E-state index in [2.05, 4.69) is 4.98 Å². The molecule has 3 aromatic carbocycles. The Labute approximate surface area is 229 Å². The van der Waals surface area contributed by atoms with Crippen molar-refractivity contribution in [2.75, 3.05) is 0 Å². The van der Waals surface area contributed by atoms with E-state index in [4.69, 9.17) is 5.73 Å². The number of aromatic nitrogens is 2. The smallest absolute Gasteiger partial charge is 0.261 e. The molecule has 0 bridgehead atoms. The summed E-state index contributed by atoms with van der Waals surface area (Å²) in [6.45, 7) is 3.78. The third kappa shape index (κ3) is 6.09. The quantitative estimate of drug-likeness (QED) is 0.251. The van der Waals surface area contributed by atoms with Crippen molar-refractivity contribution in [1.29, 1.82) is 0 Å². The molecule has 4 aromatic rings. The Kier molecular flexibility index (Phi) is 8.72. The van der Waals surface area contributed by atoms with Gasteiger partial charge in [0, 0.05) is 24.5 Å². The van der Waals surface area contributed by atoms with Crippen LogP contribution in [-0.4, -0.2) is 20.6 Å². The van der Waals surface area contributed by atoms with Gasteiger partial charge in [-0.15, -0.1) is 0 Å². The number of unbranched alkanes of at least 4 members (excludes halogenated alkanes) is 1. The minimum Gasteiger partial charge on any atom is -0.493 e. The highest BCUT2D eigenvalue weighted by Gasteiger charge is 2.24. The van der Waals surface area contributed by atoms with Crippen molar-refractivity contribution in [2.45, 2.75) is 52.0 Å². The third-order valence-electron chi connectivity index (χ3n) is 6.85. The van der Waals surface area contributed by atoms with E-state index in [1.165, 1.54) is 28.8 Å². The van der Waals surface area contributed by atoms with Crippen LogP contribution in [0.5, 0.6) is 5.88 Å².